The Kier molecular flexibility index (Phi) is 8.45. The van der Waals surface area contributed by atoms with Crippen LogP contribution in [-0.2, 0) is 31.9 Å². The van der Waals surface area contributed by atoms with E-state index in [-0.39, 0.29) is 29.9 Å². The number of aryl methyl sites for hydroxylation is 2. The lowest BCUT2D eigenvalue weighted by Crippen LogP contribution is -2.45. The molecule has 0 aromatic carbocycles. The maximum atomic E-state index is 12.9. The number of aromatic nitrogens is 2. The Morgan fingerprint density at radius 3 is 1.97 bits per heavy atom. The highest BCUT2D eigenvalue weighted by atomic mass is 16.6. The molecule has 2 N–H and O–H groups in total. The highest BCUT2D eigenvalue weighted by Crippen LogP contribution is 2.54. The number of carboxylic acid groups (broad SMARTS) is 2. The summed E-state index contributed by atoms with van der Waals surface area (Å²) in [5, 5.41) is 21.1. The van der Waals surface area contributed by atoms with Gasteiger partial charge in [0.15, 0.2) is 0 Å². The Labute approximate surface area is 222 Å². The van der Waals surface area contributed by atoms with Gasteiger partial charge in [-0.05, 0) is 69.2 Å². The van der Waals surface area contributed by atoms with Crippen molar-refractivity contribution >= 4 is 11.9 Å². The molecule has 0 saturated carbocycles. The van der Waals surface area contributed by atoms with E-state index in [9.17, 15) is 19.8 Å². The van der Waals surface area contributed by atoms with Crippen molar-refractivity contribution in [2.75, 3.05) is 19.8 Å². The molecule has 2 aromatic rings. The molecule has 4 heterocycles. The van der Waals surface area contributed by atoms with E-state index in [1.807, 2.05) is 29.2 Å². The Balaban J connectivity index is 1.75. The first-order valence-electron chi connectivity index (χ1n) is 12.8. The van der Waals surface area contributed by atoms with Crippen molar-refractivity contribution in [3.63, 3.8) is 0 Å². The summed E-state index contributed by atoms with van der Waals surface area (Å²) in [6, 6.07) is 7.65. The monoisotopic (exact) mass is 519 g/mol. The van der Waals surface area contributed by atoms with Crippen LogP contribution < -0.4 is 0 Å². The number of aliphatic carboxylic acids is 2. The van der Waals surface area contributed by atoms with Crippen LogP contribution in [0.25, 0.3) is 0 Å². The quantitative estimate of drug-likeness (QED) is 0.446. The summed E-state index contributed by atoms with van der Waals surface area (Å²) >= 11 is 0. The molecule has 0 atom stereocenters. The van der Waals surface area contributed by atoms with Crippen molar-refractivity contribution in [3.05, 3.63) is 94.7 Å². The maximum absolute atomic E-state index is 12.9. The molecule has 4 rings (SSSR count). The van der Waals surface area contributed by atoms with Gasteiger partial charge < -0.3 is 24.6 Å². The van der Waals surface area contributed by atoms with Crippen molar-refractivity contribution < 1.29 is 29.3 Å². The van der Waals surface area contributed by atoms with Gasteiger partial charge in [0.25, 0.3) is 0 Å². The van der Waals surface area contributed by atoms with Gasteiger partial charge >= 0.3 is 11.9 Å². The van der Waals surface area contributed by atoms with Gasteiger partial charge in [-0.25, -0.2) is 9.59 Å². The second-order valence-corrected chi connectivity index (χ2v) is 9.47. The first-order valence-corrected chi connectivity index (χ1v) is 12.8. The molecule has 9 nitrogen and oxygen atoms in total. The van der Waals surface area contributed by atoms with Crippen molar-refractivity contribution in [2.45, 2.75) is 46.0 Å². The number of carboxylic acids is 2. The van der Waals surface area contributed by atoms with Crippen LogP contribution in [0, 0.1) is 5.41 Å². The van der Waals surface area contributed by atoms with Crippen LogP contribution >= 0.6 is 0 Å². The fraction of sp³-hybridized carbons (Fsp3) is 0.379. The molecule has 2 aliphatic heterocycles. The molecule has 2 aliphatic rings. The largest absolute Gasteiger partial charge is 0.494 e. The van der Waals surface area contributed by atoms with E-state index in [2.05, 4.69) is 9.97 Å². The molecule has 0 saturated heterocycles. The zero-order chi connectivity index (χ0) is 27.1. The van der Waals surface area contributed by atoms with Gasteiger partial charge in [-0.2, -0.15) is 0 Å². The first-order chi connectivity index (χ1) is 18.4. The summed E-state index contributed by atoms with van der Waals surface area (Å²) < 4.78 is 11.5. The molecule has 9 heteroatoms. The lowest BCUT2D eigenvalue weighted by molar-refractivity contribution is -0.136. The second kappa shape index (κ2) is 11.9. The molecular weight excluding hydrogens is 486 g/mol. The zero-order valence-electron chi connectivity index (χ0n) is 21.7. The Bertz CT molecular complexity index is 1220. The molecule has 0 fully saturated rings. The third-order valence-electron chi connectivity index (χ3n) is 7.19. The summed E-state index contributed by atoms with van der Waals surface area (Å²) in [6.45, 7) is 4.47. The predicted octanol–water partition coefficient (Wildman–Crippen LogP) is 4.34. The number of ether oxygens (including phenoxy) is 2. The van der Waals surface area contributed by atoms with Gasteiger partial charge in [-0.1, -0.05) is 12.1 Å². The smallest absolute Gasteiger partial charge is 0.334 e. The van der Waals surface area contributed by atoms with E-state index < -0.39 is 17.4 Å². The summed E-state index contributed by atoms with van der Waals surface area (Å²) in [7, 11) is 0. The van der Waals surface area contributed by atoms with Crippen molar-refractivity contribution in [3.8, 4) is 0 Å². The fourth-order valence-corrected chi connectivity index (χ4v) is 5.58. The van der Waals surface area contributed by atoms with Crippen LogP contribution in [0.15, 0.2) is 83.6 Å². The molecule has 0 aliphatic carbocycles. The topological polar surface area (TPSA) is 122 Å². The van der Waals surface area contributed by atoms with Crippen LogP contribution in [0.3, 0.4) is 0 Å². The third-order valence-corrected chi connectivity index (χ3v) is 7.19. The summed E-state index contributed by atoms with van der Waals surface area (Å²) in [5.41, 5.74) is 1.56. The predicted molar refractivity (Wildman–Crippen MR) is 140 cm³/mol. The molecule has 0 spiro atoms. The van der Waals surface area contributed by atoms with Crippen LogP contribution in [0.4, 0.5) is 0 Å². The van der Waals surface area contributed by atoms with Gasteiger partial charge in [0.05, 0.1) is 16.6 Å². The standard InChI is InChI=1S/C29H33N3O6/c1-20-25(27(33)34)29(24-19-37-15-16-38-24,11-3-7-22-8-4-12-30-17-22)26(28(35)36)21(2)32(20)14-6-10-23-9-5-13-31-18-23/h4-5,8-9,12-13,17-19H,3,6-7,10-11,14-16H2,1-2H3,(H,33,34)(H,35,36). The summed E-state index contributed by atoms with van der Waals surface area (Å²) in [4.78, 5) is 36.0. The molecule has 200 valence electrons. The zero-order valence-corrected chi connectivity index (χ0v) is 21.7. The Morgan fingerprint density at radius 2 is 1.50 bits per heavy atom. The lowest BCUT2D eigenvalue weighted by Gasteiger charge is -2.45. The number of hydrogen-bond acceptors (Lipinski definition) is 7. The molecule has 0 radical (unpaired) electrons. The van der Waals surface area contributed by atoms with Gasteiger partial charge in [-0.3, -0.25) is 9.97 Å². The van der Waals surface area contributed by atoms with Crippen LogP contribution in [0.5, 0.6) is 0 Å². The number of pyridine rings is 2. The van der Waals surface area contributed by atoms with Crippen LogP contribution in [0.2, 0.25) is 0 Å². The minimum Gasteiger partial charge on any atom is -0.494 e. The minimum absolute atomic E-state index is 0.00446. The number of hydrogen-bond donors (Lipinski definition) is 2. The Morgan fingerprint density at radius 1 is 0.921 bits per heavy atom. The number of rotatable bonds is 11. The third kappa shape index (κ3) is 5.41. The van der Waals surface area contributed by atoms with Crippen molar-refractivity contribution in [1.82, 2.24) is 14.9 Å². The highest BCUT2D eigenvalue weighted by molar-refractivity contribution is 5.99. The van der Waals surface area contributed by atoms with E-state index in [0.717, 1.165) is 17.5 Å². The average molecular weight is 520 g/mol. The molecular formula is C29H33N3O6. The Hall–Kier alpha value is -4.14. The van der Waals surface area contributed by atoms with Crippen molar-refractivity contribution in [2.24, 2.45) is 5.41 Å². The van der Waals surface area contributed by atoms with Gasteiger partial charge in [0.1, 0.15) is 25.2 Å². The number of carbonyl (C=O) groups is 2. The van der Waals surface area contributed by atoms with E-state index in [1.54, 1.807) is 38.6 Å². The minimum atomic E-state index is -1.51. The molecule has 38 heavy (non-hydrogen) atoms. The normalized spacial score (nSPS) is 17.0. The van der Waals surface area contributed by atoms with Gasteiger partial charge in [-0.15, -0.1) is 0 Å². The maximum Gasteiger partial charge on any atom is 0.334 e. The van der Waals surface area contributed by atoms with E-state index in [4.69, 9.17) is 9.47 Å². The average Bonchev–Trinajstić information content (AvgIpc) is 2.91. The van der Waals surface area contributed by atoms with Crippen LogP contribution in [-0.4, -0.2) is 56.8 Å². The fourth-order valence-electron chi connectivity index (χ4n) is 5.58. The van der Waals surface area contributed by atoms with Gasteiger partial charge in [0, 0.05) is 42.7 Å². The number of nitrogens with zero attached hydrogens (tertiary/aromatic N) is 3. The summed E-state index contributed by atoms with van der Waals surface area (Å²) in [5.74, 6) is -2.14. The van der Waals surface area contributed by atoms with Crippen molar-refractivity contribution in [1.29, 1.82) is 0 Å². The van der Waals surface area contributed by atoms with Crippen LogP contribution in [0.1, 0.15) is 44.2 Å². The summed E-state index contributed by atoms with van der Waals surface area (Å²) in [6.07, 6.45) is 11.1. The second-order valence-electron chi connectivity index (χ2n) is 9.47. The first kappa shape index (κ1) is 26.9. The lowest BCUT2D eigenvalue weighted by atomic mass is 9.65. The van der Waals surface area contributed by atoms with Gasteiger partial charge in [0.2, 0.25) is 0 Å². The molecule has 0 amide bonds. The van der Waals surface area contributed by atoms with E-state index in [1.165, 1.54) is 6.26 Å². The SMILES string of the molecule is CC1=C(C(=O)O)C(CCCc2cccnc2)(C2=COCCO2)C(C(=O)O)=C(C)N1CCCc1cccnc1. The molecule has 0 unspecified atom stereocenters. The van der Waals surface area contributed by atoms with E-state index in [0.29, 0.717) is 43.8 Å². The molecule has 0 bridgehead atoms. The number of allylic oxidation sites excluding steroid dienone is 3. The molecule has 2 aromatic heterocycles. The highest BCUT2D eigenvalue weighted by Gasteiger charge is 2.54. The van der Waals surface area contributed by atoms with E-state index >= 15 is 0 Å².